The van der Waals surface area contributed by atoms with E-state index in [0.717, 1.165) is 50.0 Å². The van der Waals surface area contributed by atoms with Crippen molar-refractivity contribution >= 4 is 23.3 Å². The maximum absolute atomic E-state index is 12.5. The molecule has 2 rings (SSSR count). The molecule has 0 fully saturated rings. The van der Waals surface area contributed by atoms with Crippen LogP contribution in [-0.2, 0) is 9.53 Å². The first-order chi connectivity index (χ1) is 17.5. The highest BCUT2D eigenvalue weighted by Gasteiger charge is 2.36. The van der Waals surface area contributed by atoms with Crippen molar-refractivity contribution in [3.63, 3.8) is 0 Å². The van der Waals surface area contributed by atoms with Crippen molar-refractivity contribution in [3.8, 4) is 5.88 Å². The molecular formula is C29H52N3O3S+. The Morgan fingerprint density at radius 1 is 0.944 bits per heavy atom. The first-order valence-electron chi connectivity index (χ1n) is 14.7. The van der Waals surface area contributed by atoms with Gasteiger partial charge in [0, 0.05) is 25.3 Å². The fourth-order valence-electron chi connectivity index (χ4n) is 4.85. The zero-order valence-corrected chi connectivity index (χ0v) is 24.4. The zero-order chi connectivity index (χ0) is 26.1. The van der Waals surface area contributed by atoms with Crippen LogP contribution in [-0.4, -0.2) is 52.2 Å². The van der Waals surface area contributed by atoms with Crippen molar-refractivity contribution < 1.29 is 18.8 Å². The van der Waals surface area contributed by atoms with E-state index in [-0.39, 0.29) is 12.2 Å². The van der Waals surface area contributed by atoms with Gasteiger partial charge in [0.15, 0.2) is 0 Å². The summed E-state index contributed by atoms with van der Waals surface area (Å²) < 4.78 is 21.5. The van der Waals surface area contributed by atoms with Crippen LogP contribution in [0.25, 0.3) is 5.57 Å². The van der Waals surface area contributed by atoms with E-state index in [9.17, 15) is 4.79 Å². The van der Waals surface area contributed by atoms with Gasteiger partial charge in [-0.3, -0.25) is 9.28 Å². The Morgan fingerprint density at radius 3 is 2.22 bits per heavy atom. The number of unbranched alkanes of at least 4 members (excludes halogenated alkanes) is 12. The highest BCUT2D eigenvalue weighted by molar-refractivity contribution is 6.99. The molecular weight excluding hydrogens is 470 g/mol. The van der Waals surface area contributed by atoms with Crippen molar-refractivity contribution in [1.29, 1.82) is 0 Å². The minimum atomic E-state index is -0.186. The maximum atomic E-state index is 12.5. The first kappa shape index (κ1) is 30.8. The quantitative estimate of drug-likeness (QED) is 0.0988. The fourth-order valence-corrected chi connectivity index (χ4v) is 5.38. The molecule has 2 heterocycles. The summed E-state index contributed by atoms with van der Waals surface area (Å²) in [4.78, 5) is 12.5. The summed E-state index contributed by atoms with van der Waals surface area (Å²) in [5.74, 6) is 0.589. The molecule has 0 spiro atoms. The molecule has 0 amide bonds. The summed E-state index contributed by atoms with van der Waals surface area (Å²) in [5, 5.41) is 0. The summed E-state index contributed by atoms with van der Waals surface area (Å²) in [6.45, 7) is 8.90. The predicted molar refractivity (Wildman–Crippen MR) is 150 cm³/mol. The Hall–Kier alpha value is -1.47. The van der Waals surface area contributed by atoms with E-state index >= 15 is 0 Å². The lowest BCUT2D eigenvalue weighted by Gasteiger charge is -2.41. The van der Waals surface area contributed by atoms with Gasteiger partial charge in [-0.25, -0.2) is 0 Å². The van der Waals surface area contributed by atoms with Crippen LogP contribution in [0.2, 0.25) is 0 Å². The molecule has 206 valence electrons. The molecule has 1 aliphatic rings. The number of carbonyl (C=O) groups excluding carboxylic acids is 1. The largest absolute Gasteiger partial charge is 0.475 e. The van der Waals surface area contributed by atoms with E-state index in [1.165, 1.54) is 82.4 Å². The standard InChI is InChI=1S/C29H52N3O3S/c1-5-7-9-11-12-13-14-15-16-17-21-27(33)35-25(3)32(4)22-19-20-26(24-32)28-29(31-36-30-28)34-23-18-10-8-6-2/h20,25H,5-19,21-24H2,1-4H3/q+1. The van der Waals surface area contributed by atoms with E-state index in [2.05, 4.69) is 35.7 Å². The van der Waals surface area contributed by atoms with Gasteiger partial charge in [0.05, 0.1) is 31.9 Å². The summed E-state index contributed by atoms with van der Waals surface area (Å²) in [7, 11) is 2.18. The Balaban J connectivity index is 1.70. The Bertz CT molecular complexity index is 767. The number of nitrogens with zero attached hydrogens (tertiary/aromatic N) is 3. The molecule has 0 aromatic carbocycles. The normalized spacial score (nSPS) is 18.6. The van der Waals surface area contributed by atoms with Gasteiger partial charge in [-0.05, 0) is 12.8 Å². The average molecular weight is 523 g/mol. The molecule has 1 aromatic heterocycles. The molecule has 0 radical (unpaired) electrons. The SMILES string of the molecule is CCCCCCCCCCCCC(=O)OC(C)[N+]1(C)CCC=C(c2nsnc2OCCCCCC)C1. The minimum Gasteiger partial charge on any atom is -0.475 e. The molecule has 7 heteroatoms. The molecule has 0 saturated carbocycles. The summed E-state index contributed by atoms with van der Waals surface area (Å²) in [6.07, 6.45) is 20.9. The molecule has 0 aliphatic carbocycles. The van der Waals surface area contributed by atoms with Crippen LogP contribution in [0.1, 0.15) is 129 Å². The van der Waals surface area contributed by atoms with Gasteiger partial charge in [-0.2, -0.15) is 4.37 Å². The van der Waals surface area contributed by atoms with Crippen molar-refractivity contribution in [2.24, 2.45) is 0 Å². The highest BCUT2D eigenvalue weighted by Crippen LogP contribution is 2.31. The van der Waals surface area contributed by atoms with Crippen molar-refractivity contribution in [2.45, 2.75) is 130 Å². The lowest BCUT2D eigenvalue weighted by molar-refractivity contribution is -0.944. The third kappa shape index (κ3) is 11.3. The van der Waals surface area contributed by atoms with Gasteiger partial charge in [-0.15, -0.1) is 4.37 Å². The highest BCUT2D eigenvalue weighted by atomic mass is 32.1. The number of hydrogen-bond acceptors (Lipinski definition) is 6. The predicted octanol–water partition coefficient (Wildman–Crippen LogP) is 7.93. The van der Waals surface area contributed by atoms with Gasteiger partial charge in [-0.1, -0.05) is 97.0 Å². The first-order valence-corrected chi connectivity index (χ1v) is 15.4. The van der Waals surface area contributed by atoms with E-state index in [1.807, 2.05) is 6.92 Å². The van der Waals surface area contributed by atoms with Crippen molar-refractivity contribution in [3.05, 3.63) is 11.8 Å². The molecule has 2 atom stereocenters. The molecule has 0 N–H and O–H groups in total. The summed E-state index contributed by atoms with van der Waals surface area (Å²) in [6, 6.07) is 0. The number of aromatic nitrogens is 2. The number of esters is 1. The van der Waals surface area contributed by atoms with Gasteiger partial charge in [0.25, 0.3) is 5.88 Å². The lowest BCUT2D eigenvalue weighted by Crippen LogP contribution is -2.55. The molecule has 6 nitrogen and oxygen atoms in total. The number of carbonyl (C=O) groups is 1. The van der Waals surface area contributed by atoms with Crippen molar-refractivity contribution in [1.82, 2.24) is 8.75 Å². The molecule has 2 unspecified atom stereocenters. The third-order valence-corrected chi connectivity index (χ3v) is 7.99. The summed E-state index contributed by atoms with van der Waals surface area (Å²) in [5.41, 5.74) is 2.02. The second-order valence-electron chi connectivity index (χ2n) is 10.7. The second-order valence-corrected chi connectivity index (χ2v) is 11.3. The van der Waals surface area contributed by atoms with Crippen LogP contribution in [0.5, 0.6) is 5.88 Å². The van der Waals surface area contributed by atoms with Crippen LogP contribution in [0.4, 0.5) is 0 Å². The number of hydrogen-bond donors (Lipinski definition) is 0. The molecule has 0 bridgehead atoms. The van der Waals surface area contributed by atoms with Crippen LogP contribution in [0.3, 0.4) is 0 Å². The van der Waals surface area contributed by atoms with Gasteiger partial charge < -0.3 is 9.47 Å². The van der Waals surface area contributed by atoms with E-state index in [1.54, 1.807) is 0 Å². The zero-order valence-electron chi connectivity index (χ0n) is 23.6. The monoisotopic (exact) mass is 522 g/mol. The fraction of sp³-hybridized carbons (Fsp3) is 0.828. The Morgan fingerprint density at radius 2 is 1.56 bits per heavy atom. The number of ether oxygens (including phenoxy) is 2. The summed E-state index contributed by atoms with van der Waals surface area (Å²) >= 11 is 1.21. The average Bonchev–Trinajstić information content (AvgIpc) is 3.33. The molecule has 1 aromatic rings. The molecule has 1 aliphatic heterocycles. The molecule has 0 saturated heterocycles. The smallest absolute Gasteiger partial charge is 0.310 e. The maximum Gasteiger partial charge on any atom is 0.310 e. The van der Waals surface area contributed by atoms with Gasteiger partial charge in [0.2, 0.25) is 6.23 Å². The van der Waals surface area contributed by atoms with Crippen LogP contribution in [0, 0.1) is 0 Å². The minimum absolute atomic E-state index is 0.0658. The Kier molecular flexibility index (Phi) is 15.3. The third-order valence-electron chi connectivity index (χ3n) is 7.48. The van der Waals surface area contributed by atoms with E-state index in [4.69, 9.17) is 9.47 Å². The second kappa shape index (κ2) is 17.9. The number of likely N-dealkylation sites (N-methyl/N-ethyl adjacent to an activating group) is 1. The van der Waals surface area contributed by atoms with Gasteiger partial charge in [0.1, 0.15) is 12.2 Å². The lowest BCUT2D eigenvalue weighted by atomic mass is 10.0. The van der Waals surface area contributed by atoms with Crippen molar-refractivity contribution in [2.75, 3.05) is 26.7 Å². The number of quaternary nitrogens is 1. The number of rotatable bonds is 20. The van der Waals surface area contributed by atoms with Gasteiger partial charge >= 0.3 is 5.97 Å². The van der Waals surface area contributed by atoms with E-state index in [0.29, 0.717) is 23.4 Å². The topological polar surface area (TPSA) is 61.3 Å². The van der Waals surface area contributed by atoms with Crippen LogP contribution in [0.15, 0.2) is 6.08 Å². The van der Waals surface area contributed by atoms with Crippen LogP contribution >= 0.6 is 11.7 Å². The van der Waals surface area contributed by atoms with E-state index < -0.39 is 0 Å². The van der Waals surface area contributed by atoms with Crippen LogP contribution < -0.4 is 4.74 Å². The Labute approximate surface area is 224 Å². The molecule has 36 heavy (non-hydrogen) atoms.